The van der Waals surface area contributed by atoms with E-state index in [-0.39, 0.29) is 11.8 Å². The van der Waals surface area contributed by atoms with Crippen LogP contribution in [0, 0.1) is 0 Å². The van der Waals surface area contributed by atoms with Crippen LogP contribution in [-0.4, -0.2) is 29.7 Å². The van der Waals surface area contributed by atoms with Gasteiger partial charge in [0.2, 0.25) is 5.91 Å². The SMILES string of the molecule is COc1ccc(OC)c(-n2cnc3c2NC(=O)C[C@@H]3c2ccccc2)c1. The van der Waals surface area contributed by atoms with Crippen molar-refractivity contribution in [1.29, 1.82) is 0 Å². The maximum atomic E-state index is 12.4. The van der Waals surface area contributed by atoms with Crippen molar-refractivity contribution in [2.24, 2.45) is 0 Å². The molecule has 1 atom stereocenters. The molecule has 0 fully saturated rings. The number of anilines is 1. The number of aromatic nitrogens is 2. The van der Waals surface area contributed by atoms with E-state index in [4.69, 9.17) is 9.47 Å². The number of rotatable bonds is 4. The Hall–Kier alpha value is -3.28. The minimum absolute atomic E-state index is 0.0324. The van der Waals surface area contributed by atoms with Gasteiger partial charge in [0.25, 0.3) is 0 Å². The lowest BCUT2D eigenvalue weighted by Crippen LogP contribution is -2.25. The monoisotopic (exact) mass is 349 g/mol. The summed E-state index contributed by atoms with van der Waals surface area (Å²) in [5.41, 5.74) is 2.68. The van der Waals surface area contributed by atoms with Gasteiger partial charge in [-0.25, -0.2) is 4.98 Å². The van der Waals surface area contributed by atoms with Gasteiger partial charge in [-0.1, -0.05) is 30.3 Å². The zero-order valence-corrected chi connectivity index (χ0v) is 14.6. The molecule has 1 aliphatic rings. The van der Waals surface area contributed by atoms with Gasteiger partial charge in [0.15, 0.2) is 0 Å². The Balaban J connectivity index is 1.85. The zero-order chi connectivity index (χ0) is 18.1. The van der Waals surface area contributed by atoms with Gasteiger partial charge in [0.05, 0.1) is 25.6 Å². The molecule has 132 valence electrons. The Bertz CT molecular complexity index is 950. The molecule has 0 radical (unpaired) electrons. The fourth-order valence-electron chi connectivity index (χ4n) is 3.34. The first-order chi connectivity index (χ1) is 12.7. The van der Waals surface area contributed by atoms with Crippen molar-refractivity contribution in [3.05, 3.63) is 66.1 Å². The summed E-state index contributed by atoms with van der Waals surface area (Å²) in [5.74, 6) is 1.93. The van der Waals surface area contributed by atoms with Crippen LogP contribution in [0.5, 0.6) is 11.5 Å². The van der Waals surface area contributed by atoms with Crippen LogP contribution in [0.15, 0.2) is 54.9 Å². The first kappa shape index (κ1) is 16.2. The average molecular weight is 349 g/mol. The molecule has 3 aromatic rings. The van der Waals surface area contributed by atoms with Gasteiger partial charge < -0.3 is 14.8 Å². The molecule has 2 heterocycles. The van der Waals surface area contributed by atoms with Gasteiger partial charge in [-0.05, 0) is 17.7 Å². The van der Waals surface area contributed by atoms with Gasteiger partial charge in [0.1, 0.15) is 23.6 Å². The maximum absolute atomic E-state index is 12.4. The maximum Gasteiger partial charge on any atom is 0.226 e. The van der Waals surface area contributed by atoms with E-state index < -0.39 is 0 Å². The highest BCUT2D eigenvalue weighted by Crippen LogP contribution is 2.39. The predicted octanol–water partition coefficient (Wildman–Crippen LogP) is 3.36. The van der Waals surface area contributed by atoms with Crippen LogP contribution in [0.2, 0.25) is 0 Å². The second-order valence-electron chi connectivity index (χ2n) is 6.10. The van der Waals surface area contributed by atoms with Crippen molar-refractivity contribution in [1.82, 2.24) is 9.55 Å². The van der Waals surface area contributed by atoms with E-state index >= 15 is 0 Å². The van der Waals surface area contributed by atoms with Crippen molar-refractivity contribution < 1.29 is 14.3 Å². The number of fused-ring (bicyclic) bond motifs is 1. The molecule has 0 bridgehead atoms. The summed E-state index contributed by atoms with van der Waals surface area (Å²) < 4.78 is 12.6. The number of hydrogen-bond donors (Lipinski definition) is 1. The summed E-state index contributed by atoms with van der Waals surface area (Å²) in [6, 6.07) is 15.5. The number of nitrogens with zero attached hydrogens (tertiary/aromatic N) is 2. The smallest absolute Gasteiger partial charge is 0.226 e. The minimum Gasteiger partial charge on any atom is -0.497 e. The third kappa shape index (κ3) is 2.69. The van der Waals surface area contributed by atoms with Gasteiger partial charge in [-0.2, -0.15) is 0 Å². The Morgan fingerprint density at radius 2 is 1.92 bits per heavy atom. The first-order valence-electron chi connectivity index (χ1n) is 8.35. The van der Waals surface area contributed by atoms with Crippen molar-refractivity contribution in [2.45, 2.75) is 12.3 Å². The number of imidazole rings is 1. The van der Waals surface area contributed by atoms with E-state index in [0.29, 0.717) is 23.7 Å². The number of ether oxygens (including phenoxy) is 2. The minimum atomic E-state index is -0.0715. The molecule has 1 amide bonds. The molecule has 0 saturated heterocycles. The molecule has 0 aliphatic carbocycles. The summed E-state index contributed by atoms with van der Waals surface area (Å²) in [6.07, 6.45) is 2.09. The molecular weight excluding hydrogens is 330 g/mol. The number of nitrogens with one attached hydrogen (secondary N) is 1. The van der Waals surface area contributed by atoms with Gasteiger partial charge in [-0.3, -0.25) is 9.36 Å². The molecule has 26 heavy (non-hydrogen) atoms. The highest BCUT2D eigenvalue weighted by Gasteiger charge is 2.31. The highest BCUT2D eigenvalue weighted by atomic mass is 16.5. The molecule has 0 saturated carbocycles. The third-order valence-corrected chi connectivity index (χ3v) is 4.62. The van der Waals surface area contributed by atoms with Crippen LogP contribution < -0.4 is 14.8 Å². The first-order valence-corrected chi connectivity index (χ1v) is 8.35. The Kier molecular flexibility index (Phi) is 4.08. The lowest BCUT2D eigenvalue weighted by atomic mass is 9.90. The lowest BCUT2D eigenvalue weighted by molar-refractivity contribution is -0.116. The van der Waals surface area contributed by atoms with Crippen LogP contribution in [0.3, 0.4) is 0 Å². The summed E-state index contributed by atoms with van der Waals surface area (Å²) in [4.78, 5) is 17.0. The number of hydrogen-bond acceptors (Lipinski definition) is 4. The van der Waals surface area contributed by atoms with Crippen molar-refractivity contribution >= 4 is 11.7 Å². The zero-order valence-electron chi connectivity index (χ0n) is 14.6. The van der Waals surface area contributed by atoms with Crippen molar-refractivity contribution in [3.63, 3.8) is 0 Å². The van der Waals surface area contributed by atoms with Gasteiger partial charge >= 0.3 is 0 Å². The van der Waals surface area contributed by atoms with E-state index in [1.54, 1.807) is 20.5 Å². The summed E-state index contributed by atoms with van der Waals surface area (Å²) in [5, 5.41) is 2.96. The Labute approximate surface area is 151 Å². The number of carbonyl (C=O) groups excluding carboxylic acids is 1. The molecule has 0 spiro atoms. The Morgan fingerprint density at radius 1 is 1.12 bits per heavy atom. The second-order valence-corrected chi connectivity index (χ2v) is 6.10. The third-order valence-electron chi connectivity index (χ3n) is 4.62. The highest BCUT2D eigenvalue weighted by molar-refractivity contribution is 5.94. The van der Waals surface area contributed by atoms with Gasteiger partial charge in [0, 0.05) is 18.4 Å². The number of amides is 1. The molecule has 1 aromatic heterocycles. The van der Waals surface area contributed by atoms with Crippen LogP contribution in [0.4, 0.5) is 5.82 Å². The van der Waals surface area contributed by atoms with Crippen LogP contribution in [-0.2, 0) is 4.79 Å². The van der Waals surface area contributed by atoms with E-state index in [2.05, 4.69) is 10.3 Å². The molecule has 4 rings (SSSR count). The largest absolute Gasteiger partial charge is 0.497 e. The normalized spacial score (nSPS) is 15.9. The standard InChI is InChI=1S/C20H19N3O3/c1-25-14-8-9-17(26-2)16(10-14)23-12-21-19-15(11-18(24)22-20(19)23)13-6-4-3-5-7-13/h3-10,12,15H,11H2,1-2H3,(H,22,24)/t15-/m1/s1. The molecule has 0 unspecified atom stereocenters. The van der Waals surface area contributed by atoms with Crippen molar-refractivity contribution in [2.75, 3.05) is 19.5 Å². The molecule has 2 aromatic carbocycles. The van der Waals surface area contributed by atoms with E-state index in [1.807, 2.05) is 53.1 Å². The number of methoxy groups -OCH3 is 2. The summed E-state index contributed by atoms with van der Waals surface area (Å²) in [6.45, 7) is 0. The fraction of sp³-hybridized carbons (Fsp3) is 0.200. The van der Waals surface area contributed by atoms with E-state index in [1.165, 1.54) is 0 Å². The molecular formula is C20H19N3O3. The summed E-state index contributed by atoms with van der Waals surface area (Å²) >= 11 is 0. The van der Waals surface area contributed by atoms with Crippen LogP contribution in [0.25, 0.3) is 5.69 Å². The number of carbonyl (C=O) groups is 1. The van der Waals surface area contributed by atoms with Crippen molar-refractivity contribution in [3.8, 4) is 17.2 Å². The van der Waals surface area contributed by atoms with E-state index in [9.17, 15) is 4.79 Å². The molecule has 6 heteroatoms. The second kappa shape index (κ2) is 6.55. The molecule has 1 N–H and O–H groups in total. The van der Waals surface area contributed by atoms with Gasteiger partial charge in [-0.15, -0.1) is 0 Å². The lowest BCUT2D eigenvalue weighted by Gasteiger charge is -2.23. The fourth-order valence-corrected chi connectivity index (χ4v) is 3.34. The topological polar surface area (TPSA) is 65.4 Å². The molecule has 1 aliphatic heterocycles. The number of benzene rings is 2. The average Bonchev–Trinajstić information content (AvgIpc) is 3.11. The van der Waals surface area contributed by atoms with E-state index in [0.717, 1.165) is 16.9 Å². The summed E-state index contributed by atoms with van der Waals surface area (Å²) in [7, 11) is 3.22. The predicted molar refractivity (Wildman–Crippen MR) is 98.2 cm³/mol. The van der Waals surface area contributed by atoms with Crippen LogP contribution in [0.1, 0.15) is 23.6 Å². The molecule has 6 nitrogen and oxygen atoms in total. The Morgan fingerprint density at radius 3 is 2.65 bits per heavy atom. The van der Waals surface area contributed by atoms with Crippen LogP contribution >= 0.6 is 0 Å². The quantitative estimate of drug-likeness (QED) is 0.784.